The highest BCUT2D eigenvalue weighted by Gasteiger charge is 2.19. The van der Waals surface area contributed by atoms with Crippen molar-refractivity contribution >= 4 is 22.6 Å². The van der Waals surface area contributed by atoms with Crippen molar-refractivity contribution in [2.45, 2.75) is 26.2 Å². The molecule has 1 atom stereocenters. The molecule has 1 aromatic rings. The molecule has 0 radical (unpaired) electrons. The van der Waals surface area contributed by atoms with Crippen molar-refractivity contribution in [2.75, 3.05) is 23.4 Å². The van der Waals surface area contributed by atoms with Gasteiger partial charge in [0.1, 0.15) is 5.75 Å². The molecule has 1 rings (SSSR count). The minimum Gasteiger partial charge on any atom is -0.395 e. The number of hydrogen-bond donors (Lipinski definition) is 2. The van der Waals surface area contributed by atoms with Gasteiger partial charge in [0.15, 0.2) is 0 Å². The van der Waals surface area contributed by atoms with E-state index in [0.717, 1.165) is 5.69 Å². The first-order chi connectivity index (χ1) is 8.32. The Labute approximate surface area is 108 Å². The first kappa shape index (κ1) is 14.8. The number of amides is 1. The molecule has 1 unspecified atom stereocenters. The molecule has 0 spiro atoms. The Morgan fingerprint density at radius 3 is 2.72 bits per heavy atom. The lowest BCUT2D eigenvalue weighted by molar-refractivity contribution is -0.114. The summed E-state index contributed by atoms with van der Waals surface area (Å²) in [4.78, 5) is 11.5. The molecule has 18 heavy (non-hydrogen) atoms. The Hall–Kier alpha value is -1.21. The van der Waals surface area contributed by atoms with E-state index in [1.54, 1.807) is 6.07 Å². The number of nitrogens with zero attached hydrogens (tertiary/aromatic N) is 1. The van der Waals surface area contributed by atoms with Gasteiger partial charge in [-0.05, 0) is 0 Å². The van der Waals surface area contributed by atoms with Crippen LogP contribution in [0.15, 0.2) is 10.6 Å². The van der Waals surface area contributed by atoms with Gasteiger partial charge >= 0.3 is 0 Å². The van der Waals surface area contributed by atoms with Gasteiger partial charge in [0, 0.05) is 28.0 Å². The number of aromatic nitrogens is 1. The number of nitrogens with one attached hydrogen (secondary N) is 1. The molecule has 1 aromatic heterocycles. The second-order valence-electron chi connectivity index (χ2n) is 4.89. The Balaban J connectivity index is 2.55. The van der Waals surface area contributed by atoms with E-state index in [-0.39, 0.29) is 29.4 Å². The summed E-state index contributed by atoms with van der Waals surface area (Å²) in [6.45, 7) is 5.74. The summed E-state index contributed by atoms with van der Waals surface area (Å²) >= 11 is 0. The summed E-state index contributed by atoms with van der Waals surface area (Å²) < 4.78 is 16.2. The fourth-order valence-corrected chi connectivity index (χ4v) is 1.89. The van der Waals surface area contributed by atoms with Crippen LogP contribution in [0.1, 0.15) is 26.5 Å². The van der Waals surface area contributed by atoms with Crippen LogP contribution in [0.2, 0.25) is 0 Å². The van der Waals surface area contributed by atoms with Crippen LogP contribution in [0.5, 0.6) is 0 Å². The fourth-order valence-electron chi connectivity index (χ4n) is 1.18. The highest BCUT2D eigenvalue weighted by atomic mass is 32.2. The van der Waals surface area contributed by atoms with E-state index in [2.05, 4.69) is 10.5 Å². The van der Waals surface area contributed by atoms with Crippen LogP contribution in [0, 0.1) is 0 Å². The predicted octanol–water partition coefficient (Wildman–Crippen LogP) is 0.652. The summed E-state index contributed by atoms with van der Waals surface area (Å²) in [6, 6.07) is 1.65. The van der Waals surface area contributed by atoms with Gasteiger partial charge in [-0.25, -0.2) is 0 Å². The maximum atomic E-state index is 11.5. The molecule has 0 aliphatic rings. The summed E-state index contributed by atoms with van der Waals surface area (Å²) in [5.41, 5.74) is 0.570. The van der Waals surface area contributed by atoms with Crippen molar-refractivity contribution in [3.63, 3.8) is 0 Å². The first-order valence-corrected chi connectivity index (χ1v) is 7.04. The summed E-state index contributed by atoms with van der Waals surface area (Å²) in [5.74, 6) is -0.243. The Morgan fingerprint density at radius 2 is 2.22 bits per heavy atom. The van der Waals surface area contributed by atoms with Gasteiger partial charge < -0.3 is 9.63 Å². The van der Waals surface area contributed by atoms with Gasteiger partial charge in [-0.1, -0.05) is 25.9 Å². The van der Waals surface area contributed by atoms with Crippen LogP contribution in [-0.4, -0.2) is 38.5 Å². The van der Waals surface area contributed by atoms with E-state index in [9.17, 15) is 9.00 Å². The van der Waals surface area contributed by atoms with Gasteiger partial charge in [-0.3, -0.25) is 14.3 Å². The standard InChI is InChI=1S/C11H18N2O4S/c1-11(2,3)8-6-10(17-13-8)12-9(15)7-18(16)5-4-14/h6,14H,4-5,7H2,1-3H3,(H,12,15). The Bertz CT molecular complexity index is 436. The third-order valence-corrected chi connectivity index (χ3v) is 3.37. The largest absolute Gasteiger partial charge is 0.395 e. The number of aliphatic hydroxyl groups is 1. The van der Waals surface area contributed by atoms with Crippen LogP contribution >= 0.6 is 0 Å². The molecule has 0 aliphatic carbocycles. The summed E-state index contributed by atoms with van der Waals surface area (Å²) in [6.07, 6.45) is 0. The third kappa shape index (κ3) is 4.58. The van der Waals surface area contributed by atoms with Gasteiger partial charge in [-0.2, -0.15) is 0 Å². The predicted molar refractivity (Wildman–Crippen MR) is 68.8 cm³/mol. The fraction of sp³-hybridized carbons (Fsp3) is 0.636. The SMILES string of the molecule is CC(C)(C)c1cc(NC(=O)CS(=O)CCO)on1. The molecular formula is C11H18N2O4S. The zero-order valence-corrected chi connectivity index (χ0v) is 11.5. The van der Waals surface area contributed by atoms with E-state index in [0.29, 0.717) is 0 Å². The molecule has 0 saturated carbocycles. The van der Waals surface area contributed by atoms with Crippen LogP contribution in [-0.2, 0) is 21.0 Å². The molecule has 0 bridgehead atoms. The van der Waals surface area contributed by atoms with Gasteiger partial charge in [0.2, 0.25) is 11.8 Å². The highest BCUT2D eigenvalue weighted by molar-refractivity contribution is 7.85. The minimum atomic E-state index is -1.36. The van der Waals surface area contributed by atoms with Gasteiger partial charge in [-0.15, -0.1) is 0 Å². The monoisotopic (exact) mass is 274 g/mol. The molecule has 0 saturated heterocycles. The normalized spacial score (nSPS) is 13.3. The van der Waals surface area contributed by atoms with E-state index in [4.69, 9.17) is 9.63 Å². The lowest BCUT2D eigenvalue weighted by Crippen LogP contribution is -2.21. The molecule has 102 valence electrons. The van der Waals surface area contributed by atoms with Crippen molar-refractivity contribution in [1.29, 1.82) is 0 Å². The zero-order chi connectivity index (χ0) is 13.8. The van der Waals surface area contributed by atoms with E-state index < -0.39 is 16.7 Å². The molecule has 2 N–H and O–H groups in total. The number of aliphatic hydroxyl groups excluding tert-OH is 1. The Morgan fingerprint density at radius 1 is 1.56 bits per heavy atom. The minimum absolute atomic E-state index is 0.0943. The van der Waals surface area contributed by atoms with E-state index in [1.165, 1.54) is 0 Å². The zero-order valence-electron chi connectivity index (χ0n) is 10.7. The van der Waals surface area contributed by atoms with Gasteiger partial charge in [0.25, 0.3) is 0 Å². The second kappa shape index (κ2) is 6.10. The maximum absolute atomic E-state index is 11.5. The quantitative estimate of drug-likeness (QED) is 0.822. The van der Waals surface area contributed by atoms with Crippen molar-refractivity contribution < 1.29 is 18.6 Å². The average Bonchev–Trinajstić information content (AvgIpc) is 2.65. The Kier molecular flexibility index (Phi) is 5.03. The van der Waals surface area contributed by atoms with Crippen LogP contribution in [0.25, 0.3) is 0 Å². The van der Waals surface area contributed by atoms with Crippen molar-refractivity contribution in [2.24, 2.45) is 0 Å². The van der Waals surface area contributed by atoms with Crippen LogP contribution in [0.3, 0.4) is 0 Å². The highest BCUT2D eigenvalue weighted by Crippen LogP contribution is 2.23. The summed E-state index contributed by atoms with van der Waals surface area (Å²) in [5, 5.41) is 14.9. The third-order valence-electron chi connectivity index (χ3n) is 2.15. The molecule has 7 heteroatoms. The smallest absolute Gasteiger partial charge is 0.239 e. The number of carbonyl (C=O) groups excluding carboxylic acids is 1. The number of rotatable bonds is 5. The average molecular weight is 274 g/mol. The van der Waals surface area contributed by atoms with Crippen molar-refractivity contribution in [1.82, 2.24) is 5.16 Å². The van der Waals surface area contributed by atoms with Crippen molar-refractivity contribution in [3.05, 3.63) is 11.8 Å². The molecular weight excluding hydrogens is 256 g/mol. The molecule has 0 fully saturated rings. The maximum Gasteiger partial charge on any atom is 0.239 e. The number of carbonyl (C=O) groups is 1. The summed E-state index contributed by atoms with van der Waals surface area (Å²) in [7, 11) is -1.36. The molecule has 0 aliphatic heterocycles. The molecule has 0 aromatic carbocycles. The topological polar surface area (TPSA) is 92.4 Å². The van der Waals surface area contributed by atoms with Crippen LogP contribution in [0.4, 0.5) is 5.88 Å². The van der Waals surface area contributed by atoms with Crippen LogP contribution < -0.4 is 5.32 Å². The molecule has 1 amide bonds. The van der Waals surface area contributed by atoms with Crippen molar-refractivity contribution in [3.8, 4) is 0 Å². The first-order valence-electron chi connectivity index (χ1n) is 5.56. The molecule has 1 heterocycles. The lowest BCUT2D eigenvalue weighted by Gasteiger charge is -2.12. The van der Waals surface area contributed by atoms with Gasteiger partial charge in [0.05, 0.1) is 12.3 Å². The number of hydrogen-bond acceptors (Lipinski definition) is 5. The lowest BCUT2D eigenvalue weighted by atomic mass is 9.92. The van der Waals surface area contributed by atoms with E-state index >= 15 is 0 Å². The molecule has 6 nitrogen and oxygen atoms in total. The van der Waals surface area contributed by atoms with E-state index in [1.807, 2.05) is 20.8 Å². The number of anilines is 1. The second-order valence-corrected chi connectivity index (χ2v) is 6.46.